The van der Waals surface area contributed by atoms with Crippen molar-refractivity contribution >= 4 is 11.7 Å². The molecule has 0 aromatic heterocycles. The number of hydrogen-bond acceptors (Lipinski definition) is 4. The molecule has 0 saturated heterocycles. The summed E-state index contributed by atoms with van der Waals surface area (Å²) in [4.78, 5) is 13.2. The summed E-state index contributed by atoms with van der Waals surface area (Å²) in [7, 11) is 2.12. The largest absolute Gasteiger partial charge is 0.456 e. The Kier molecular flexibility index (Phi) is 9.05. The number of benzene rings is 9. The lowest BCUT2D eigenvalue weighted by molar-refractivity contribution is 0.383. The van der Waals surface area contributed by atoms with E-state index in [1.54, 1.807) is 0 Å². The lowest BCUT2D eigenvalue weighted by Crippen LogP contribution is -2.38. The standard InChI is InChI=1S/C60H43N3O/c1-63-58(45-27-17-25-43(38-45)41-21-6-3-7-22-41)61-57(44-26-16-24-42(37-44)40-19-4-2-5-20-40)62-59(63)51-31-11-10-29-48(51)50-32-18-35-54-56(50)64-55-36-15-14-34-53(55)60(54)39-46-23-8-9-28-47(46)49-30-12-13-33-52(49)60/h2-38,59H,39H2,1H3. The van der Waals surface area contributed by atoms with Crippen LogP contribution in [0.15, 0.2) is 234 Å². The molecule has 0 radical (unpaired) electrons. The highest BCUT2D eigenvalue weighted by atomic mass is 16.5. The van der Waals surface area contributed by atoms with E-state index in [-0.39, 0.29) is 0 Å². The highest BCUT2D eigenvalue weighted by molar-refractivity contribution is 6.13. The average molecular weight is 822 g/mol. The van der Waals surface area contributed by atoms with E-state index in [9.17, 15) is 0 Å². The zero-order valence-electron chi connectivity index (χ0n) is 35.4. The molecule has 2 unspecified atom stereocenters. The van der Waals surface area contributed by atoms with Crippen molar-refractivity contribution in [2.24, 2.45) is 9.98 Å². The summed E-state index contributed by atoms with van der Waals surface area (Å²) >= 11 is 0. The molecule has 304 valence electrons. The van der Waals surface area contributed by atoms with Gasteiger partial charge in [-0.1, -0.05) is 206 Å². The van der Waals surface area contributed by atoms with Gasteiger partial charge in [-0.3, -0.25) is 0 Å². The molecule has 4 heteroatoms. The van der Waals surface area contributed by atoms with Crippen molar-refractivity contribution in [3.63, 3.8) is 0 Å². The first-order valence-corrected chi connectivity index (χ1v) is 22.0. The first-order valence-electron chi connectivity index (χ1n) is 22.0. The summed E-state index contributed by atoms with van der Waals surface area (Å²) in [5.74, 6) is 3.30. The monoisotopic (exact) mass is 821 g/mol. The number of rotatable bonds is 6. The Labute approximate surface area is 374 Å². The van der Waals surface area contributed by atoms with Crippen LogP contribution < -0.4 is 4.74 Å². The van der Waals surface area contributed by atoms with E-state index in [0.717, 1.165) is 73.8 Å². The number of amidine groups is 2. The third kappa shape index (κ3) is 6.13. The minimum atomic E-state index is -0.472. The van der Waals surface area contributed by atoms with Crippen molar-refractivity contribution in [1.29, 1.82) is 0 Å². The Hall–Kier alpha value is -8.08. The van der Waals surface area contributed by atoms with Crippen LogP contribution in [0.1, 0.15) is 45.1 Å². The van der Waals surface area contributed by atoms with E-state index in [0.29, 0.717) is 5.84 Å². The van der Waals surface area contributed by atoms with E-state index in [1.807, 2.05) is 0 Å². The first-order chi connectivity index (χ1) is 31.6. The van der Waals surface area contributed by atoms with Gasteiger partial charge in [-0.2, -0.15) is 0 Å². The fourth-order valence-electron chi connectivity index (χ4n) is 10.4. The smallest absolute Gasteiger partial charge is 0.159 e. The van der Waals surface area contributed by atoms with Gasteiger partial charge in [-0.05, 0) is 74.7 Å². The second-order valence-electron chi connectivity index (χ2n) is 16.9. The molecule has 2 atom stereocenters. The Morgan fingerprint density at radius 3 is 1.75 bits per heavy atom. The van der Waals surface area contributed by atoms with Crippen LogP contribution in [-0.4, -0.2) is 23.6 Å². The molecule has 0 amide bonds. The van der Waals surface area contributed by atoms with Crippen molar-refractivity contribution in [3.8, 4) is 56.0 Å². The molecule has 9 aromatic rings. The second-order valence-corrected chi connectivity index (χ2v) is 16.9. The fraction of sp³-hybridized carbons (Fsp3) is 0.0667. The average Bonchev–Trinajstić information content (AvgIpc) is 3.37. The Morgan fingerprint density at radius 1 is 0.453 bits per heavy atom. The summed E-state index contributed by atoms with van der Waals surface area (Å²) < 4.78 is 7.18. The van der Waals surface area contributed by atoms with Gasteiger partial charge in [0.2, 0.25) is 0 Å². The third-order valence-corrected chi connectivity index (χ3v) is 13.3. The van der Waals surface area contributed by atoms with Gasteiger partial charge in [0, 0.05) is 40.4 Å². The molecule has 1 spiro atoms. The second kappa shape index (κ2) is 15.4. The lowest BCUT2D eigenvalue weighted by Gasteiger charge is -2.45. The van der Waals surface area contributed by atoms with Crippen LogP contribution in [0.5, 0.6) is 11.5 Å². The molecular formula is C60H43N3O. The van der Waals surface area contributed by atoms with Crippen LogP contribution in [-0.2, 0) is 11.8 Å². The summed E-state index contributed by atoms with van der Waals surface area (Å²) in [6.07, 6.45) is 0.407. The molecule has 2 aliphatic heterocycles. The van der Waals surface area contributed by atoms with Gasteiger partial charge in [0.15, 0.2) is 12.0 Å². The van der Waals surface area contributed by atoms with Gasteiger partial charge in [0.1, 0.15) is 17.3 Å². The number of ether oxygens (including phenoxy) is 1. The zero-order chi connectivity index (χ0) is 42.6. The van der Waals surface area contributed by atoms with E-state index >= 15 is 0 Å². The van der Waals surface area contributed by atoms with Crippen molar-refractivity contribution in [1.82, 2.24) is 4.90 Å². The number of para-hydroxylation sites is 2. The van der Waals surface area contributed by atoms with Gasteiger partial charge in [0.05, 0.1) is 5.41 Å². The molecule has 1 aliphatic carbocycles. The molecule has 0 N–H and O–H groups in total. The minimum absolute atomic E-state index is 0.414. The number of nitrogens with zero attached hydrogens (tertiary/aromatic N) is 3. The van der Waals surface area contributed by atoms with Crippen LogP contribution >= 0.6 is 0 Å². The Bertz CT molecular complexity index is 3320. The van der Waals surface area contributed by atoms with Crippen LogP contribution in [0, 0.1) is 0 Å². The van der Waals surface area contributed by atoms with Crippen molar-refractivity contribution in [2.75, 3.05) is 7.05 Å². The SMILES string of the molecule is CN1C(c2cccc(-c3ccccc3)c2)=NC(c2cccc(-c3ccccc3)c2)=NC1c1ccccc1-c1cccc2c1Oc1ccccc1C21Cc2ccccc2-c2ccccc21. The normalized spacial score (nSPS) is 17.0. The maximum absolute atomic E-state index is 7.18. The van der Waals surface area contributed by atoms with Crippen LogP contribution in [0.3, 0.4) is 0 Å². The Morgan fingerprint density at radius 2 is 0.984 bits per heavy atom. The van der Waals surface area contributed by atoms with Gasteiger partial charge in [0.25, 0.3) is 0 Å². The summed E-state index contributed by atoms with van der Waals surface area (Å²) in [6, 6.07) is 80.2. The molecule has 0 fully saturated rings. The van der Waals surface area contributed by atoms with Crippen molar-refractivity contribution < 1.29 is 4.74 Å². The fourth-order valence-corrected chi connectivity index (χ4v) is 10.4. The first kappa shape index (κ1) is 37.7. The van der Waals surface area contributed by atoms with Gasteiger partial charge >= 0.3 is 0 Å². The maximum Gasteiger partial charge on any atom is 0.159 e. The summed E-state index contributed by atoms with van der Waals surface area (Å²) in [5.41, 5.74) is 16.8. The zero-order valence-corrected chi connectivity index (χ0v) is 35.4. The van der Waals surface area contributed by atoms with Gasteiger partial charge in [-0.25, -0.2) is 9.98 Å². The molecule has 9 aromatic carbocycles. The Balaban J connectivity index is 1.04. The quantitative estimate of drug-likeness (QED) is 0.168. The predicted molar refractivity (Wildman–Crippen MR) is 261 cm³/mol. The number of aliphatic imine (C=N–C) groups is 2. The van der Waals surface area contributed by atoms with Crippen LogP contribution in [0.25, 0.3) is 44.5 Å². The summed E-state index contributed by atoms with van der Waals surface area (Å²) in [5, 5.41) is 0. The maximum atomic E-state index is 7.18. The van der Waals surface area contributed by atoms with E-state index in [1.165, 1.54) is 33.4 Å². The number of hydrogen-bond donors (Lipinski definition) is 0. The minimum Gasteiger partial charge on any atom is -0.456 e. The highest BCUT2D eigenvalue weighted by Gasteiger charge is 2.48. The van der Waals surface area contributed by atoms with E-state index in [4.69, 9.17) is 14.7 Å². The molecule has 4 nitrogen and oxygen atoms in total. The topological polar surface area (TPSA) is 37.2 Å². The third-order valence-electron chi connectivity index (χ3n) is 13.3. The van der Waals surface area contributed by atoms with Crippen LogP contribution in [0.4, 0.5) is 0 Å². The molecule has 0 bridgehead atoms. The summed E-state index contributed by atoms with van der Waals surface area (Å²) in [6.45, 7) is 0. The molecule has 0 saturated carbocycles. The molecule has 12 rings (SSSR count). The van der Waals surface area contributed by atoms with Crippen molar-refractivity contribution in [2.45, 2.75) is 18.0 Å². The van der Waals surface area contributed by atoms with Gasteiger partial charge < -0.3 is 9.64 Å². The van der Waals surface area contributed by atoms with E-state index < -0.39 is 11.6 Å². The molecule has 3 aliphatic rings. The predicted octanol–water partition coefficient (Wildman–Crippen LogP) is 14.2. The van der Waals surface area contributed by atoms with Gasteiger partial charge in [-0.15, -0.1) is 0 Å². The van der Waals surface area contributed by atoms with Crippen LogP contribution in [0.2, 0.25) is 0 Å². The van der Waals surface area contributed by atoms with Crippen molar-refractivity contribution in [3.05, 3.63) is 263 Å². The van der Waals surface area contributed by atoms with E-state index in [2.05, 4.69) is 236 Å². The molecule has 64 heavy (non-hydrogen) atoms. The molecular weight excluding hydrogens is 779 g/mol. The highest BCUT2D eigenvalue weighted by Crippen LogP contribution is 2.59. The molecule has 2 heterocycles. The number of fused-ring (bicyclic) bond motifs is 8. The lowest BCUT2D eigenvalue weighted by atomic mass is 9.59.